The third-order valence-electron chi connectivity index (χ3n) is 5.06. The van der Waals surface area contributed by atoms with Crippen LogP contribution in [0.2, 0.25) is 0 Å². The van der Waals surface area contributed by atoms with Gasteiger partial charge in [0.05, 0.1) is 6.54 Å². The summed E-state index contributed by atoms with van der Waals surface area (Å²) in [4.78, 5) is 28.8. The molecule has 2 heterocycles. The summed E-state index contributed by atoms with van der Waals surface area (Å²) in [6.07, 6.45) is 0. The van der Waals surface area contributed by atoms with Gasteiger partial charge in [-0.15, -0.1) is 0 Å². The number of benzene rings is 2. The van der Waals surface area contributed by atoms with E-state index in [0.29, 0.717) is 68.7 Å². The van der Waals surface area contributed by atoms with Crippen molar-refractivity contribution < 1.29 is 23.8 Å². The molecular formula is C22H24N2O5. The lowest BCUT2D eigenvalue weighted by Crippen LogP contribution is -2.51. The fraction of sp³-hybridized carbons (Fsp3) is 0.364. The molecule has 0 atom stereocenters. The number of fused-ring (bicyclic) bond motifs is 1. The van der Waals surface area contributed by atoms with Crippen molar-refractivity contribution in [1.82, 2.24) is 9.80 Å². The zero-order chi connectivity index (χ0) is 20.1. The van der Waals surface area contributed by atoms with E-state index in [4.69, 9.17) is 14.2 Å². The number of carbonyl (C=O) groups is 2. The first kappa shape index (κ1) is 19.3. The first-order chi connectivity index (χ1) is 14.2. The quantitative estimate of drug-likeness (QED) is 0.695. The lowest BCUT2D eigenvalue weighted by molar-refractivity contribution is -0.135. The summed E-state index contributed by atoms with van der Waals surface area (Å²) in [6, 6.07) is 14.6. The van der Waals surface area contributed by atoms with Gasteiger partial charge in [-0.1, -0.05) is 18.2 Å². The number of Topliss-reactive ketones (excluding diaryl/α,β-unsaturated/α-hetero) is 1. The van der Waals surface area contributed by atoms with Gasteiger partial charge < -0.3 is 19.1 Å². The topological polar surface area (TPSA) is 68.3 Å². The molecule has 0 N–H and O–H groups in total. The van der Waals surface area contributed by atoms with Crippen LogP contribution in [0.4, 0.5) is 0 Å². The first-order valence-corrected chi connectivity index (χ1v) is 9.80. The highest BCUT2D eigenvalue weighted by Gasteiger charge is 2.23. The average Bonchev–Trinajstić information content (AvgIpc) is 2.78. The second-order valence-corrected chi connectivity index (χ2v) is 7.04. The van der Waals surface area contributed by atoms with Gasteiger partial charge in [0, 0.05) is 31.7 Å². The summed E-state index contributed by atoms with van der Waals surface area (Å²) in [5.41, 5.74) is 0.615. The predicted molar refractivity (Wildman–Crippen MR) is 107 cm³/mol. The summed E-state index contributed by atoms with van der Waals surface area (Å²) in [5.74, 6) is 1.99. The molecule has 0 aliphatic carbocycles. The highest BCUT2D eigenvalue weighted by Crippen LogP contribution is 2.30. The number of hydrogen-bond donors (Lipinski definition) is 0. The fourth-order valence-corrected chi connectivity index (χ4v) is 3.42. The summed E-state index contributed by atoms with van der Waals surface area (Å²) in [5, 5.41) is 0. The Morgan fingerprint density at radius 1 is 0.897 bits per heavy atom. The van der Waals surface area contributed by atoms with Crippen molar-refractivity contribution in [3.63, 3.8) is 0 Å². The number of amides is 1. The van der Waals surface area contributed by atoms with Crippen molar-refractivity contribution in [1.29, 1.82) is 0 Å². The Kier molecular flexibility index (Phi) is 5.95. The summed E-state index contributed by atoms with van der Waals surface area (Å²) < 4.78 is 16.6. The maximum atomic E-state index is 12.6. The van der Waals surface area contributed by atoms with Crippen LogP contribution in [0.15, 0.2) is 48.5 Å². The molecule has 2 aliphatic rings. The lowest BCUT2D eigenvalue weighted by Gasteiger charge is -2.34. The summed E-state index contributed by atoms with van der Waals surface area (Å²) >= 11 is 0. The van der Waals surface area contributed by atoms with E-state index in [1.54, 1.807) is 23.1 Å². The number of piperazine rings is 1. The van der Waals surface area contributed by atoms with Crippen LogP contribution in [0.25, 0.3) is 0 Å². The van der Waals surface area contributed by atoms with E-state index in [-0.39, 0.29) is 18.3 Å². The molecule has 0 radical (unpaired) electrons. The second kappa shape index (κ2) is 8.96. The molecule has 152 valence electrons. The molecule has 7 heteroatoms. The zero-order valence-corrected chi connectivity index (χ0v) is 16.2. The van der Waals surface area contributed by atoms with Crippen molar-refractivity contribution in [2.45, 2.75) is 0 Å². The average molecular weight is 396 g/mol. The van der Waals surface area contributed by atoms with Gasteiger partial charge in [-0.2, -0.15) is 0 Å². The number of rotatable bonds is 6. The van der Waals surface area contributed by atoms with Gasteiger partial charge in [0.1, 0.15) is 19.0 Å². The Hall–Kier alpha value is -3.06. The van der Waals surface area contributed by atoms with Crippen LogP contribution in [-0.4, -0.2) is 74.0 Å². The standard InChI is InChI=1S/C22H24N2O5/c25-19(17-6-7-20-21(14-17)28-13-12-27-20)15-23-8-10-24(11-9-23)22(26)16-29-18-4-2-1-3-5-18/h1-7,14H,8-13,15-16H2. The van der Waals surface area contributed by atoms with Crippen LogP contribution >= 0.6 is 0 Å². The molecule has 7 nitrogen and oxygen atoms in total. The van der Waals surface area contributed by atoms with Gasteiger partial charge in [0.15, 0.2) is 23.9 Å². The van der Waals surface area contributed by atoms with Gasteiger partial charge in [-0.05, 0) is 30.3 Å². The molecule has 1 amide bonds. The summed E-state index contributed by atoms with van der Waals surface area (Å²) in [6.45, 7) is 3.87. The number of para-hydroxylation sites is 1. The first-order valence-electron chi connectivity index (χ1n) is 9.80. The monoisotopic (exact) mass is 396 g/mol. The fourth-order valence-electron chi connectivity index (χ4n) is 3.42. The van der Waals surface area contributed by atoms with E-state index in [2.05, 4.69) is 4.90 Å². The lowest BCUT2D eigenvalue weighted by atomic mass is 10.1. The maximum Gasteiger partial charge on any atom is 0.260 e. The van der Waals surface area contributed by atoms with Crippen molar-refractivity contribution >= 4 is 11.7 Å². The Morgan fingerprint density at radius 2 is 1.62 bits per heavy atom. The zero-order valence-electron chi connectivity index (χ0n) is 16.2. The number of hydrogen-bond acceptors (Lipinski definition) is 6. The molecular weight excluding hydrogens is 372 g/mol. The van der Waals surface area contributed by atoms with Crippen LogP contribution in [0.1, 0.15) is 10.4 Å². The number of carbonyl (C=O) groups excluding carboxylic acids is 2. The molecule has 2 aliphatic heterocycles. The van der Waals surface area contributed by atoms with E-state index in [1.807, 2.05) is 30.3 Å². The Labute approximate surface area is 169 Å². The highest BCUT2D eigenvalue weighted by molar-refractivity contribution is 5.98. The van der Waals surface area contributed by atoms with E-state index >= 15 is 0 Å². The molecule has 0 saturated carbocycles. The van der Waals surface area contributed by atoms with Crippen LogP contribution in [-0.2, 0) is 4.79 Å². The van der Waals surface area contributed by atoms with Crippen molar-refractivity contribution in [2.75, 3.05) is 52.5 Å². The molecule has 0 bridgehead atoms. The van der Waals surface area contributed by atoms with Crippen LogP contribution in [0, 0.1) is 0 Å². The Morgan fingerprint density at radius 3 is 2.38 bits per heavy atom. The molecule has 1 fully saturated rings. The van der Waals surface area contributed by atoms with E-state index < -0.39 is 0 Å². The van der Waals surface area contributed by atoms with Crippen LogP contribution in [0.5, 0.6) is 17.2 Å². The van der Waals surface area contributed by atoms with Gasteiger partial charge in [-0.3, -0.25) is 14.5 Å². The highest BCUT2D eigenvalue weighted by atomic mass is 16.6. The molecule has 2 aromatic rings. The van der Waals surface area contributed by atoms with Crippen LogP contribution in [0.3, 0.4) is 0 Å². The van der Waals surface area contributed by atoms with Crippen LogP contribution < -0.4 is 14.2 Å². The normalized spacial score (nSPS) is 16.3. The minimum Gasteiger partial charge on any atom is -0.486 e. The third kappa shape index (κ3) is 4.86. The number of ketones is 1. The van der Waals surface area contributed by atoms with Gasteiger partial charge in [-0.25, -0.2) is 0 Å². The molecule has 0 spiro atoms. The largest absolute Gasteiger partial charge is 0.486 e. The van der Waals surface area contributed by atoms with Crippen molar-refractivity contribution in [3.05, 3.63) is 54.1 Å². The van der Waals surface area contributed by atoms with Gasteiger partial charge >= 0.3 is 0 Å². The van der Waals surface area contributed by atoms with Gasteiger partial charge in [0.2, 0.25) is 0 Å². The number of ether oxygens (including phenoxy) is 3. The predicted octanol–water partition coefficient (Wildman–Crippen LogP) is 1.86. The smallest absolute Gasteiger partial charge is 0.260 e. The van der Waals surface area contributed by atoms with E-state index in [0.717, 1.165) is 0 Å². The molecule has 2 aromatic carbocycles. The second-order valence-electron chi connectivity index (χ2n) is 7.04. The number of nitrogens with zero attached hydrogens (tertiary/aromatic N) is 2. The Bertz CT molecular complexity index is 863. The molecule has 0 unspecified atom stereocenters. The minimum absolute atomic E-state index is 0.0279. The molecule has 4 rings (SSSR count). The van der Waals surface area contributed by atoms with Gasteiger partial charge in [0.25, 0.3) is 5.91 Å². The maximum absolute atomic E-state index is 12.6. The molecule has 1 saturated heterocycles. The van der Waals surface area contributed by atoms with E-state index in [9.17, 15) is 9.59 Å². The summed E-state index contributed by atoms with van der Waals surface area (Å²) in [7, 11) is 0. The minimum atomic E-state index is -0.0355. The van der Waals surface area contributed by atoms with Crippen molar-refractivity contribution in [2.24, 2.45) is 0 Å². The SMILES string of the molecule is O=C(CN1CCN(C(=O)COc2ccccc2)CC1)c1ccc2c(c1)OCCO2. The molecule has 29 heavy (non-hydrogen) atoms. The third-order valence-corrected chi connectivity index (χ3v) is 5.06. The Balaban J connectivity index is 1.24. The van der Waals surface area contributed by atoms with E-state index in [1.165, 1.54) is 0 Å². The van der Waals surface area contributed by atoms with Crippen molar-refractivity contribution in [3.8, 4) is 17.2 Å². The molecule has 0 aromatic heterocycles.